The first-order valence-electron chi connectivity index (χ1n) is 6.25. The summed E-state index contributed by atoms with van der Waals surface area (Å²) in [6.07, 6.45) is 1.23. The molecule has 3 N–H and O–H groups in total. The maximum absolute atomic E-state index is 10.7. The maximum atomic E-state index is 10.7. The van der Waals surface area contributed by atoms with E-state index in [4.69, 9.17) is 33.5 Å². The molecule has 2 aromatic carbocycles. The van der Waals surface area contributed by atoms with Gasteiger partial charge in [0, 0.05) is 9.50 Å². The lowest BCUT2D eigenvalue weighted by Crippen LogP contribution is -2.11. The van der Waals surface area contributed by atoms with Gasteiger partial charge in [0.1, 0.15) is 0 Å². The Morgan fingerprint density at radius 3 is 2.25 bits per heavy atom. The van der Waals surface area contributed by atoms with Gasteiger partial charge in [-0.3, -0.25) is 9.35 Å². The molecule has 0 unspecified atom stereocenters. The second-order valence-electron chi connectivity index (χ2n) is 4.33. The number of primary amides is 1. The Bertz CT molecular complexity index is 870. The van der Waals surface area contributed by atoms with Crippen molar-refractivity contribution >= 4 is 61.2 Å². The third-order valence-electron chi connectivity index (χ3n) is 2.52. The highest BCUT2D eigenvalue weighted by atomic mass is 79.9. The summed E-state index contributed by atoms with van der Waals surface area (Å²) in [5.74, 6) is -0.512. The lowest BCUT2D eigenvalue weighted by atomic mass is 10.2. The fraction of sp³-hybridized carbons (Fsp3) is 0. The monoisotopic (exact) mass is 451 g/mol. The molecule has 5 nitrogen and oxygen atoms in total. The first-order chi connectivity index (χ1) is 11.1. The first kappa shape index (κ1) is 20.7. The predicted molar refractivity (Wildman–Crippen MR) is 99.7 cm³/mol. The lowest BCUT2D eigenvalue weighted by Gasteiger charge is -1.98. The molecule has 0 aliphatic carbocycles. The lowest BCUT2D eigenvalue weighted by molar-refractivity contribution is 0.100. The van der Waals surface area contributed by atoms with E-state index in [1.165, 1.54) is 6.08 Å². The molecular weight excluding hydrogens is 441 g/mol. The van der Waals surface area contributed by atoms with Gasteiger partial charge in [0.2, 0.25) is 5.91 Å². The SMILES string of the molecule is NC(=O)c1ccc(Br)cc1Cl.O=S(=O)(O)C=Cc1ccccc1Cl. The van der Waals surface area contributed by atoms with Crippen LogP contribution in [0.1, 0.15) is 15.9 Å². The summed E-state index contributed by atoms with van der Waals surface area (Å²) in [7, 11) is -4.08. The molecule has 9 heteroatoms. The van der Waals surface area contributed by atoms with Gasteiger partial charge < -0.3 is 5.73 Å². The van der Waals surface area contributed by atoms with E-state index in [0.29, 0.717) is 26.6 Å². The second kappa shape index (κ2) is 9.19. The van der Waals surface area contributed by atoms with Gasteiger partial charge in [-0.25, -0.2) is 0 Å². The van der Waals surface area contributed by atoms with Crippen LogP contribution in [0.2, 0.25) is 10.0 Å². The summed E-state index contributed by atoms with van der Waals surface area (Å²) >= 11 is 14.6. The summed E-state index contributed by atoms with van der Waals surface area (Å²) in [5.41, 5.74) is 5.91. The van der Waals surface area contributed by atoms with E-state index in [2.05, 4.69) is 15.9 Å². The highest BCUT2D eigenvalue weighted by Crippen LogP contribution is 2.20. The normalized spacial score (nSPS) is 11.0. The summed E-state index contributed by atoms with van der Waals surface area (Å²) < 4.78 is 29.9. The number of benzene rings is 2. The topological polar surface area (TPSA) is 97.5 Å². The van der Waals surface area contributed by atoms with E-state index in [1.54, 1.807) is 42.5 Å². The summed E-state index contributed by atoms with van der Waals surface area (Å²) in [4.78, 5) is 10.7. The molecule has 0 spiro atoms. The van der Waals surface area contributed by atoms with Crippen LogP contribution in [0.3, 0.4) is 0 Å². The van der Waals surface area contributed by atoms with Crippen LogP contribution in [-0.4, -0.2) is 18.9 Å². The Morgan fingerprint density at radius 2 is 1.75 bits per heavy atom. The molecular formula is C15H12BrCl2NO4S. The molecule has 0 radical (unpaired) electrons. The van der Waals surface area contributed by atoms with E-state index in [0.717, 1.165) is 4.47 Å². The third kappa shape index (κ3) is 7.46. The quantitative estimate of drug-likeness (QED) is 0.674. The number of nitrogens with two attached hydrogens (primary N) is 1. The van der Waals surface area contributed by atoms with Crippen LogP contribution >= 0.6 is 39.1 Å². The van der Waals surface area contributed by atoms with Crippen LogP contribution < -0.4 is 5.73 Å². The van der Waals surface area contributed by atoms with Crippen molar-refractivity contribution in [3.05, 3.63) is 73.5 Å². The van der Waals surface area contributed by atoms with E-state index in [9.17, 15) is 13.2 Å². The smallest absolute Gasteiger partial charge is 0.287 e. The molecule has 0 aromatic heterocycles. The molecule has 0 aliphatic heterocycles. The Morgan fingerprint density at radius 1 is 1.12 bits per heavy atom. The van der Waals surface area contributed by atoms with Crippen molar-refractivity contribution in [1.29, 1.82) is 0 Å². The average Bonchev–Trinajstić information content (AvgIpc) is 2.45. The maximum Gasteiger partial charge on any atom is 0.287 e. The number of halogens is 3. The minimum absolute atomic E-state index is 0.342. The fourth-order valence-electron chi connectivity index (χ4n) is 1.46. The summed E-state index contributed by atoms with van der Waals surface area (Å²) in [5, 5.41) is 1.49. The van der Waals surface area contributed by atoms with Gasteiger partial charge in [0.05, 0.1) is 16.0 Å². The summed E-state index contributed by atoms with van der Waals surface area (Å²) in [6, 6.07) is 11.6. The molecule has 2 rings (SSSR count). The molecule has 0 atom stereocenters. The van der Waals surface area contributed by atoms with Crippen molar-refractivity contribution < 1.29 is 17.8 Å². The molecule has 24 heavy (non-hydrogen) atoms. The minimum atomic E-state index is -4.08. The molecule has 0 aliphatic rings. The fourth-order valence-corrected chi connectivity index (χ4v) is 2.74. The zero-order chi connectivity index (χ0) is 18.3. The van der Waals surface area contributed by atoms with Gasteiger partial charge in [-0.1, -0.05) is 57.3 Å². The summed E-state index contributed by atoms with van der Waals surface area (Å²) in [6.45, 7) is 0. The molecule has 0 fully saturated rings. The first-order valence-corrected chi connectivity index (χ1v) is 9.30. The Kier molecular flexibility index (Phi) is 7.92. The number of hydrogen-bond donors (Lipinski definition) is 2. The van der Waals surface area contributed by atoms with Gasteiger partial charge in [0.25, 0.3) is 10.1 Å². The van der Waals surface area contributed by atoms with Crippen molar-refractivity contribution in [2.45, 2.75) is 0 Å². The highest BCUT2D eigenvalue weighted by Gasteiger charge is 2.05. The van der Waals surface area contributed by atoms with Crippen LogP contribution in [-0.2, 0) is 10.1 Å². The number of rotatable bonds is 3. The minimum Gasteiger partial charge on any atom is -0.366 e. The predicted octanol–water partition coefficient (Wildman–Crippen LogP) is 4.40. The molecule has 1 amide bonds. The molecule has 128 valence electrons. The van der Waals surface area contributed by atoms with Gasteiger partial charge in [-0.05, 0) is 35.9 Å². The Labute approximate surface area is 158 Å². The molecule has 2 aromatic rings. The van der Waals surface area contributed by atoms with Crippen LogP contribution in [0, 0.1) is 0 Å². The van der Waals surface area contributed by atoms with E-state index in [1.807, 2.05) is 0 Å². The van der Waals surface area contributed by atoms with Crippen LogP contribution in [0.15, 0.2) is 52.3 Å². The van der Waals surface area contributed by atoms with Crippen molar-refractivity contribution in [1.82, 2.24) is 0 Å². The van der Waals surface area contributed by atoms with Crippen molar-refractivity contribution in [3.8, 4) is 0 Å². The molecule has 0 saturated carbocycles. The highest BCUT2D eigenvalue weighted by molar-refractivity contribution is 9.10. The number of amides is 1. The number of carbonyl (C=O) groups is 1. The third-order valence-corrected chi connectivity index (χ3v) is 4.15. The second-order valence-corrected chi connectivity index (χ2v) is 7.36. The zero-order valence-corrected chi connectivity index (χ0v) is 15.9. The van der Waals surface area contributed by atoms with Crippen LogP contribution in [0.5, 0.6) is 0 Å². The van der Waals surface area contributed by atoms with Gasteiger partial charge >= 0.3 is 0 Å². The van der Waals surface area contributed by atoms with Gasteiger partial charge in [0.15, 0.2) is 0 Å². The van der Waals surface area contributed by atoms with Crippen molar-refractivity contribution in [2.24, 2.45) is 5.73 Å². The van der Waals surface area contributed by atoms with Crippen molar-refractivity contribution in [2.75, 3.05) is 0 Å². The van der Waals surface area contributed by atoms with E-state index in [-0.39, 0.29) is 0 Å². The van der Waals surface area contributed by atoms with Crippen molar-refractivity contribution in [3.63, 3.8) is 0 Å². The largest absolute Gasteiger partial charge is 0.366 e. The van der Waals surface area contributed by atoms with Gasteiger partial charge in [-0.15, -0.1) is 0 Å². The Balaban J connectivity index is 0.000000243. The number of hydrogen-bond acceptors (Lipinski definition) is 3. The average molecular weight is 453 g/mol. The zero-order valence-electron chi connectivity index (χ0n) is 12.0. The Hall–Kier alpha value is -1.38. The van der Waals surface area contributed by atoms with Crippen LogP contribution in [0.4, 0.5) is 0 Å². The van der Waals surface area contributed by atoms with E-state index >= 15 is 0 Å². The molecule has 0 heterocycles. The van der Waals surface area contributed by atoms with Crippen LogP contribution in [0.25, 0.3) is 6.08 Å². The van der Waals surface area contributed by atoms with Gasteiger partial charge in [-0.2, -0.15) is 8.42 Å². The van der Waals surface area contributed by atoms with E-state index < -0.39 is 16.0 Å². The standard InChI is InChI=1S/C8H7ClO3S.C7H5BrClNO/c9-8-4-2-1-3-7(8)5-6-13(10,11)12;8-4-1-2-5(7(10)11)6(9)3-4/h1-6H,(H,10,11,12);1-3H,(H2,10,11). The molecule has 0 saturated heterocycles. The number of carbonyl (C=O) groups excluding carboxylic acids is 1. The molecule has 0 bridgehead atoms.